The van der Waals surface area contributed by atoms with Crippen molar-refractivity contribution in [1.29, 1.82) is 0 Å². The van der Waals surface area contributed by atoms with Crippen molar-refractivity contribution in [3.8, 4) is 0 Å². The minimum Gasteiger partial charge on any atom is -0.459 e. The Morgan fingerprint density at radius 2 is 1.73 bits per heavy atom. The van der Waals surface area contributed by atoms with Gasteiger partial charge in [-0.1, -0.05) is 54.8 Å². The van der Waals surface area contributed by atoms with Crippen LogP contribution in [0.4, 0.5) is 5.69 Å². The van der Waals surface area contributed by atoms with Crippen LogP contribution in [0.25, 0.3) is 0 Å². The van der Waals surface area contributed by atoms with Gasteiger partial charge in [0.1, 0.15) is 6.04 Å². The molecule has 0 unspecified atom stereocenters. The molecule has 0 radical (unpaired) electrons. The fraction of sp³-hybridized carbons (Fsp3) is 0.296. The summed E-state index contributed by atoms with van der Waals surface area (Å²) >= 11 is 0. The lowest BCUT2D eigenvalue weighted by atomic mass is 10.00. The summed E-state index contributed by atoms with van der Waals surface area (Å²) in [5.74, 6) is -0.703. The second kappa shape index (κ2) is 9.86. The molecule has 33 heavy (non-hydrogen) atoms. The molecule has 1 atom stereocenters. The van der Waals surface area contributed by atoms with Gasteiger partial charge in [0.25, 0.3) is 5.91 Å². The largest absolute Gasteiger partial charge is 0.459 e. The number of aryl methyl sites for hydroxylation is 1. The highest BCUT2D eigenvalue weighted by Gasteiger charge is 2.36. The zero-order valence-electron chi connectivity index (χ0n) is 18.9. The number of nitrogens with one attached hydrogen (secondary N) is 1. The summed E-state index contributed by atoms with van der Waals surface area (Å²) in [4.78, 5) is 40.9. The number of rotatable bonds is 7. The van der Waals surface area contributed by atoms with Crippen molar-refractivity contribution >= 4 is 23.3 Å². The predicted octanol–water partition coefficient (Wildman–Crippen LogP) is 5.24. The van der Waals surface area contributed by atoms with E-state index in [0.717, 1.165) is 31.2 Å². The van der Waals surface area contributed by atoms with E-state index in [0.29, 0.717) is 16.8 Å². The molecule has 1 aliphatic rings. The first-order valence-electron chi connectivity index (χ1n) is 11.3. The summed E-state index contributed by atoms with van der Waals surface area (Å²) in [7, 11) is 0. The molecule has 6 heteroatoms. The summed E-state index contributed by atoms with van der Waals surface area (Å²) in [6.07, 6.45) is 5.44. The standard InChI is InChI=1S/C27H28N2O4/c1-18-12-14-20(15-13-18)25(26(31)28-22-8-3-4-9-22)29(27(32)24-11-6-16-33-24)23-10-5-7-21(17-23)19(2)30/h5-7,10-17,22,25H,3-4,8-9H2,1-2H3,(H,28,31)/t25-/m0/s1. The number of carbonyl (C=O) groups is 3. The van der Waals surface area contributed by atoms with E-state index in [1.54, 1.807) is 36.4 Å². The van der Waals surface area contributed by atoms with Crippen LogP contribution in [-0.2, 0) is 4.79 Å². The number of nitrogens with zero attached hydrogens (tertiary/aromatic N) is 1. The van der Waals surface area contributed by atoms with Gasteiger partial charge in [0, 0.05) is 17.3 Å². The van der Waals surface area contributed by atoms with Crippen LogP contribution in [0.15, 0.2) is 71.3 Å². The van der Waals surface area contributed by atoms with Crippen LogP contribution in [0.1, 0.15) is 70.7 Å². The molecule has 1 saturated carbocycles. The lowest BCUT2D eigenvalue weighted by Gasteiger charge is -2.32. The van der Waals surface area contributed by atoms with Gasteiger partial charge in [-0.2, -0.15) is 0 Å². The molecule has 0 bridgehead atoms. The van der Waals surface area contributed by atoms with E-state index in [2.05, 4.69) is 5.32 Å². The molecule has 0 aliphatic heterocycles. The van der Waals surface area contributed by atoms with E-state index in [1.165, 1.54) is 18.1 Å². The molecular formula is C27H28N2O4. The Morgan fingerprint density at radius 1 is 1.00 bits per heavy atom. The fourth-order valence-corrected chi connectivity index (χ4v) is 4.29. The number of amides is 2. The molecule has 1 N–H and O–H groups in total. The quantitative estimate of drug-likeness (QED) is 0.506. The van der Waals surface area contributed by atoms with Gasteiger partial charge in [0.05, 0.1) is 6.26 Å². The first kappa shape index (κ1) is 22.5. The van der Waals surface area contributed by atoms with E-state index in [-0.39, 0.29) is 23.5 Å². The summed E-state index contributed by atoms with van der Waals surface area (Å²) < 4.78 is 5.40. The van der Waals surface area contributed by atoms with Gasteiger partial charge >= 0.3 is 0 Å². The molecule has 0 spiro atoms. The zero-order valence-corrected chi connectivity index (χ0v) is 18.9. The number of furan rings is 1. The van der Waals surface area contributed by atoms with Gasteiger partial charge in [-0.15, -0.1) is 0 Å². The molecule has 4 rings (SSSR count). The number of anilines is 1. The molecule has 170 valence electrons. The van der Waals surface area contributed by atoms with Gasteiger partial charge in [-0.3, -0.25) is 19.3 Å². The Hall–Kier alpha value is -3.67. The van der Waals surface area contributed by atoms with Crippen molar-refractivity contribution in [2.75, 3.05) is 4.90 Å². The van der Waals surface area contributed by atoms with Crippen LogP contribution in [0, 0.1) is 6.92 Å². The number of hydrogen-bond donors (Lipinski definition) is 1. The molecule has 6 nitrogen and oxygen atoms in total. The molecule has 0 saturated heterocycles. The third-order valence-electron chi connectivity index (χ3n) is 6.08. The highest BCUT2D eigenvalue weighted by Crippen LogP contribution is 2.32. The Morgan fingerprint density at radius 3 is 2.36 bits per heavy atom. The Bertz CT molecular complexity index is 1130. The van der Waals surface area contributed by atoms with E-state index in [4.69, 9.17) is 4.42 Å². The molecule has 1 aromatic heterocycles. The lowest BCUT2D eigenvalue weighted by Crippen LogP contribution is -2.46. The van der Waals surface area contributed by atoms with E-state index in [1.807, 2.05) is 31.2 Å². The van der Waals surface area contributed by atoms with Crippen molar-refractivity contribution in [2.45, 2.75) is 51.6 Å². The van der Waals surface area contributed by atoms with Crippen LogP contribution in [0.3, 0.4) is 0 Å². The van der Waals surface area contributed by atoms with Crippen LogP contribution in [0.2, 0.25) is 0 Å². The third-order valence-corrected chi connectivity index (χ3v) is 6.08. The molecule has 1 fully saturated rings. The van der Waals surface area contributed by atoms with Crippen molar-refractivity contribution in [3.05, 3.63) is 89.4 Å². The number of Topliss-reactive ketones (excluding diaryl/α,β-unsaturated/α-hetero) is 1. The maximum absolute atomic E-state index is 13.7. The first-order chi connectivity index (χ1) is 15.9. The number of carbonyl (C=O) groups excluding carboxylic acids is 3. The van der Waals surface area contributed by atoms with Crippen molar-refractivity contribution in [2.24, 2.45) is 0 Å². The van der Waals surface area contributed by atoms with Crippen LogP contribution < -0.4 is 10.2 Å². The van der Waals surface area contributed by atoms with Gasteiger partial charge in [0.2, 0.25) is 5.91 Å². The highest BCUT2D eigenvalue weighted by atomic mass is 16.3. The van der Waals surface area contributed by atoms with Crippen LogP contribution in [-0.4, -0.2) is 23.6 Å². The molecular weight excluding hydrogens is 416 g/mol. The topological polar surface area (TPSA) is 79.6 Å². The monoisotopic (exact) mass is 444 g/mol. The Kier molecular flexibility index (Phi) is 6.73. The minimum atomic E-state index is -0.925. The first-order valence-corrected chi connectivity index (χ1v) is 11.3. The van der Waals surface area contributed by atoms with Crippen LogP contribution >= 0.6 is 0 Å². The molecule has 1 aliphatic carbocycles. The van der Waals surface area contributed by atoms with Gasteiger partial charge in [-0.25, -0.2) is 0 Å². The lowest BCUT2D eigenvalue weighted by molar-refractivity contribution is -0.123. The molecule has 1 heterocycles. The number of benzene rings is 2. The number of hydrogen-bond acceptors (Lipinski definition) is 4. The summed E-state index contributed by atoms with van der Waals surface area (Å²) in [5, 5.41) is 3.15. The normalized spacial score (nSPS) is 14.6. The van der Waals surface area contributed by atoms with Gasteiger partial charge < -0.3 is 9.73 Å². The second-order valence-corrected chi connectivity index (χ2v) is 8.56. The summed E-state index contributed by atoms with van der Waals surface area (Å²) in [6.45, 7) is 3.45. The summed E-state index contributed by atoms with van der Waals surface area (Å²) in [6, 6.07) is 16.7. The van der Waals surface area contributed by atoms with Crippen LogP contribution in [0.5, 0.6) is 0 Å². The molecule has 3 aromatic rings. The zero-order chi connectivity index (χ0) is 23.4. The van der Waals surface area contributed by atoms with E-state index < -0.39 is 11.9 Å². The maximum atomic E-state index is 13.7. The molecule has 2 aromatic carbocycles. The average molecular weight is 445 g/mol. The van der Waals surface area contributed by atoms with E-state index >= 15 is 0 Å². The smallest absolute Gasteiger partial charge is 0.294 e. The SMILES string of the molecule is CC(=O)c1cccc(N(C(=O)c2ccco2)[C@H](C(=O)NC2CCCC2)c2ccc(C)cc2)c1. The summed E-state index contributed by atoms with van der Waals surface area (Å²) in [5.41, 5.74) is 2.65. The average Bonchev–Trinajstić information content (AvgIpc) is 3.52. The van der Waals surface area contributed by atoms with E-state index in [9.17, 15) is 14.4 Å². The van der Waals surface area contributed by atoms with Crippen molar-refractivity contribution in [3.63, 3.8) is 0 Å². The van der Waals surface area contributed by atoms with Crippen molar-refractivity contribution in [1.82, 2.24) is 5.32 Å². The highest BCUT2D eigenvalue weighted by molar-refractivity contribution is 6.09. The Labute approximate surface area is 193 Å². The minimum absolute atomic E-state index is 0.0922. The van der Waals surface area contributed by atoms with Gasteiger partial charge in [-0.05, 0) is 56.5 Å². The third kappa shape index (κ3) is 5.06. The van der Waals surface area contributed by atoms with Gasteiger partial charge in [0.15, 0.2) is 11.5 Å². The fourth-order valence-electron chi connectivity index (χ4n) is 4.29. The predicted molar refractivity (Wildman–Crippen MR) is 126 cm³/mol. The molecule has 2 amide bonds. The van der Waals surface area contributed by atoms with Crippen molar-refractivity contribution < 1.29 is 18.8 Å². The number of ketones is 1. The Balaban J connectivity index is 1.83. The second-order valence-electron chi connectivity index (χ2n) is 8.56. The maximum Gasteiger partial charge on any atom is 0.294 e.